The van der Waals surface area contributed by atoms with Crippen molar-refractivity contribution in [2.45, 2.75) is 33.1 Å². The fraction of sp³-hybridized carbons (Fsp3) is 0.500. The van der Waals surface area contributed by atoms with E-state index in [0.717, 1.165) is 12.8 Å². The molecule has 0 heterocycles. The normalized spacial score (nSPS) is 11.3. The van der Waals surface area contributed by atoms with Crippen LogP contribution in [0.25, 0.3) is 0 Å². The average Bonchev–Trinajstić information content (AvgIpc) is 1.87. The van der Waals surface area contributed by atoms with Crippen LogP contribution in [0.3, 0.4) is 0 Å². The summed E-state index contributed by atoms with van der Waals surface area (Å²) >= 11 is 0. The zero-order valence-electron chi connectivity index (χ0n) is 7.39. The Balaban J connectivity index is 3.55. The highest BCUT2D eigenvalue weighted by atomic mass is 16.1. The Bertz CT molecular complexity index is 166. The van der Waals surface area contributed by atoms with Gasteiger partial charge in [0.2, 0.25) is 0 Å². The molecule has 0 unspecified atom stereocenters. The summed E-state index contributed by atoms with van der Waals surface area (Å²) in [6, 6.07) is 0. The minimum atomic E-state index is 0.257. The third kappa shape index (κ3) is 7.04. The largest absolute Gasteiger partial charge is 0.300 e. The molecular formula is C10H16O. The van der Waals surface area contributed by atoms with Crippen molar-refractivity contribution in [3.05, 3.63) is 24.3 Å². The summed E-state index contributed by atoms with van der Waals surface area (Å²) < 4.78 is 0. The van der Waals surface area contributed by atoms with Crippen LogP contribution in [0, 0.1) is 0 Å². The smallest absolute Gasteiger partial charge is 0.130 e. The van der Waals surface area contributed by atoms with Crippen molar-refractivity contribution in [2.24, 2.45) is 0 Å². The van der Waals surface area contributed by atoms with Gasteiger partial charge >= 0.3 is 0 Å². The molecule has 0 rings (SSSR count). The standard InChI is InChI=1S/C10H16O/c1-4-6-9(2)7-5-8-10(3)11/h4,7H,1,5-6,8H2,2-3H3. The van der Waals surface area contributed by atoms with Crippen LogP contribution in [-0.4, -0.2) is 5.78 Å². The number of carbonyl (C=O) groups is 1. The molecule has 1 nitrogen and oxygen atoms in total. The number of allylic oxidation sites excluding steroid dienone is 3. The maximum absolute atomic E-state index is 10.5. The molecule has 11 heavy (non-hydrogen) atoms. The Hall–Kier alpha value is -0.850. The van der Waals surface area contributed by atoms with Crippen molar-refractivity contribution in [3.63, 3.8) is 0 Å². The number of hydrogen-bond donors (Lipinski definition) is 0. The molecule has 1 heteroatoms. The van der Waals surface area contributed by atoms with E-state index in [1.54, 1.807) is 6.92 Å². The first-order chi connectivity index (χ1) is 5.16. The lowest BCUT2D eigenvalue weighted by molar-refractivity contribution is -0.116. The molecule has 0 N–H and O–H groups in total. The molecule has 62 valence electrons. The highest BCUT2D eigenvalue weighted by Gasteiger charge is 1.90. The molecule has 0 aliphatic heterocycles. The van der Waals surface area contributed by atoms with E-state index in [4.69, 9.17) is 0 Å². The molecule has 0 aromatic carbocycles. The first kappa shape index (κ1) is 10.2. The van der Waals surface area contributed by atoms with Crippen molar-refractivity contribution >= 4 is 5.78 Å². The zero-order valence-corrected chi connectivity index (χ0v) is 7.39. The average molecular weight is 152 g/mol. The fourth-order valence-electron chi connectivity index (χ4n) is 0.833. The maximum atomic E-state index is 10.5. The second-order valence-electron chi connectivity index (χ2n) is 2.78. The summed E-state index contributed by atoms with van der Waals surface area (Å²) in [7, 11) is 0. The molecule has 0 saturated heterocycles. The van der Waals surface area contributed by atoms with Crippen LogP contribution in [-0.2, 0) is 4.79 Å². The van der Waals surface area contributed by atoms with Gasteiger partial charge in [-0.2, -0.15) is 0 Å². The Labute approximate surface area is 68.8 Å². The molecule has 0 aliphatic carbocycles. The van der Waals surface area contributed by atoms with Crippen LogP contribution < -0.4 is 0 Å². The Morgan fingerprint density at radius 1 is 1.45 bits per heavy atom. The molecule has 0 spiro atoms. The molecule has 0 saturated carbocycles. The van der Waals surface area contributed by atoms with Gasteiger partial charge < -0.3 is 4.79 Å². The van der Waals surface area contributed by atoms with Gasteiger partial charge in [-0.05, 0) is 26.7 Å². The predicted molar refractivity (Wildman–Crippen MR) is 48.5 cm³/mol. The SMILES string of the molecule is C=CCC(C)=CCCC(C)=O. The second-order valence-corrected chi connectivity index (χ2v) is 2.78. The number of rotatable bonds is 5. The van der Waals surface area contributed by atoms with Gasteiger partial charge in [0.15, 0.2) is 0 Å². The number of carbonyl (C=O) groups excluding carboxylic acids is 1. The Morgan fingerprint density at radius 2 is 2.09 bits per heavy atom. The summed E-state index contributed by atoms with van der Waals surface area (Å²) in [5.74, 6) is 0.257. The van der Waals surface area contributed by atoms with Crippen LogP contribution in [0.4, 0.5) is 0 Å². The fourth-order valence-corrected chi connectivity index (χ4v) is 0.833. The van der Waals surface area contributed by atoms with Gasteiger partial charge in [0.1, 0.15) is 5.78 Å². The van der Waals surface area contributed by atoms with Crippen LogP contribution in [0.1, 0.15) is 33.1 Å². The van der Waals surface area contributed by atoms with E-state index in [-0.39, 0.29) is 5.78 Å². The van der Waals surface area contributed by atoms with Gasteiger partial charge in [-0.25, -0.2) is 0 Å². The number of ketones is 1. The molecule has 0 fully saturated rings. The van der Waals surface area contributed by atoms with Crippen LogP contribution in [0.2, 0.25) is 0 Å². The summed E-state index contributed by atoms with van der Waals surface area (Å²) in [4.78, 5) is 10.5. The van der Waals surface area contributed by atoms with Crippen molar-refractivity contribution < 1.29 is 4.79 Å². The molecule has 0 atom stereocenters. The van der Waals surface area contributed by atoms with Gasteiger partial charge in [-0.15, -0.1) is 6.58 Å². The van der Waals surface area contributed by atoms with Gasteiger partial charge in [-0.3, -0.25) is 0 Å². The topological polar surface area (TPSA) is 17.1 Å². The van der Waals surface area contributed by atoms with E-state index in [2.05, 4.69) is 19.6 Å². The third-order valence-electron chi connectivity index (χ3n) is 1.46. The quantitative estimate of drug-likeness (QED) is 0.553. The van der Waals surface area contributed by atoms with E-state index in [1.807, 2.05) is 6.08 Å². The molecule has 0 amide bonds. The van der Waals surface area contributed by atoms with Crippen molar-refractivity contribution in [3.8, 4) is 0 Å². The monoisotopic (exact) mass is 152 g/mol. The number of Topliss-reactive ketones (excluding diaryl/α,β-unsaturated/α-hetero) is 1. The third-order valence-corrected chi connectivity index (χ3v) is 1.46. The van der Waals surface area contributed by atoms with Gasteiger partial charge in [0.25, 0.3) is 0 Å². The lowest BCUT2D eigenvalue weighted by atomic mass is 10.1. The Kier molecular flexibility index (Phi) is 5.44. The predicted octanol–water partition coefficient (Wildman–Crippen LogP) is 2.88. The maximum Gasteiger partial charge on any atom is 0.130 e. The summed E-state index contributed by atoms with van der Waals surface area (Å²) in [6.45, 7) is 7.32. The summed E-state index contributed by atoms with van der Waals surface area (Å²) in [6.07, 6.45) is 6.43. The van der Waals surface area contributed by atoms with E-state index >= 15 is 0 Å². The molecule has 0 radical (unpaired) electrons. The second kappa shape index (κ2) is 5.90. The van der Waals surface area contributed by atoms with E-state index in [1.165, 1.54) is 5.57 Å². The van der Waals surface area contributed by atoms with Crippen molar-refractivity contribution in [1.29, 1.82) is 0 Å². The molecule has 0 aromatic rings. The van der Waals surface area contributed by atoms with Gasteiger partial charge in [-0.1, -0.05) is 17.7 Å². The number of hydrogen-bond acceptors (Lipinski definition) is 1. The molecule has 0 bridgehead atoms. The van der Waals surface area contributed by atoms with E-state index < -0.39 is 0 Å². The zero-order chi connectivity index (χ0) is 8.69. The molecule has 0 aromatic heterocycles. The molecule has 0 aliphatic rings. The van der Waals surface area contributed by atoms with Gasteiger partial charge in [0.05, 0.1) is 0 Å². The minimum Gasteiger partial charge on any atom is -0.300 e. The lowest BCUT2D eigenvalue weighted by Crippen LogP contribution is -1.87. The first-order valence-corrected chi connectivity index (χ1v) is 3.92. The molecular weight excluding hydrogens is 136 g/mol. The highest BCUT2D eigenvalue weighted by Crippen LogP contribution is 2.03. The van der Waals surface area contributed by atoms with Crippen LogP contribution >= 0.6 is 0 Å². The van der Waals surface area contributed by atoms with E-state index in [0.29, 0.717) is 6.42 Å². The minimum absolute atomic E-state index is 0.257. The van der Waals surface area contributed by atoms with E-state index in [9.17, 15) is 4.79 Å². The first-order valence-electron chi connectivity index (χ1n) is 3.92. The van der Waals surface area contributed by atoms with Crippen LogP contribution in [0.5, 0.6) is 0 Å². The van der Waals surface area contributed by atoms with Gasteiger partial charge in [0, 0.05) is 6.42 Å². The Morgan fingerprint density at radius 3 is 2.55 bits per heavy atom. The summed E-state index contributed by atoms with van der Waals surface area (Å²) in [5.41, 5.74) is 1.29. The lowest BCUT2D eigenvalue weighted by Gasteiger charge is -1.94. The summed E-state index contributed by atoms with van der Waals surface area (Å²) in [5, 5.41) is 0. The highest BCUT2D eigenvalue weighted by molar-refractivity contribution is 5.75. The van der Waals surface area contributed by atoms with Crippen molar-refractivity contribution in [2.75, 3.05) is 0 Å². The van der Waals surface area contributed by atoms with Crippen molar-refractivity contribution in [1.82, 2.24) is 0 Å². The van der Waals surface area contributed by atoms with Crippen LogP contribution in [0.15, 0.2) is 24.3 Å².